The number of anilines is 1. The average molecular weight is 467 g/mol. The number of rotatable bonds is 7. The van der Waals surface area contributed by atoms with Gasteiger partial charge in [0.05, 0.1) is 5.75 Å². The lowest BCUT2D eigenvalue weighted by atomic mass is 9.65. The van der Waals surface area contributed by atoms with Crippen molar-refractivity contribution in [2.75, 3.05) is 24.2 Å². The van der Waals surface area contributed by atoms with Gasteiger partial charge in [0, 0.05) is 18.6 Å². The van der Waals surface area contributed by atoms with Crippen LogP contribution in [0.5, 0.6) is 0 Å². The molecule has 2 atom stereocenters. The number of nitrogens with one attached hydrogen (secondary N) is 1. The first-order valence-corrected chi connectivity index (χ1v) is 13.2. The molecule has 1 saturated heterocycles. The van der Waals surface area contributed by atoms with Gasteiger partial charge in [-0.2, -0.15) is 0 Å². The second-order valence-electron chi connectivity index (χ2n) is 10.5. The van der Waals surface area contributed by atoms with E-state index in [4.69, 9.17) is 4.74 Å². The number of thioether (sulfide) groups is 1. The molecule has 2 aliphatic carbocycles. The van der Waals surface area contributed by atoms with Gasteiger partial charge in [0.2, 0.25) is 5.13 Å². The lowest BCUT2D eigenvalue weighted by molar-refractivity contribution is -0.150. The zero-order valence-electron chi connectivity index (χ0n) is 18.8. The summed E-state index contributed by atoms with van der Waals surface area (Å²) in [6, 6.07) is 0.749. The van der Waals surface area contributed by atoms with Crippen molar-refractivity contribution in [2.24, 2.45) is 10.8 Å². The monoisotopic (exact) mass is 466 g/mol. The highest BCUT2D eigenvalue weighted by atomic mass is 32.2. The minimum absolute atomic E-state index is 0.0698. The van der Waals surface area contributed by atoms with Crippen molar-refractivity contribution >= 4 is 40.1 Å². The Bertz CT molecular complexity index is 808. The molecule has 172 valence electrons. The van der Waals surface area contributed by atoms with Gasteiger partial charge >= 0.3 is 5.97 Å². The number of aromatic nitrogens is 2. The van der Waals surface area contributed by atoms with Crippen LogP contribution in [-0.2, 0) is 14.3 Å². The fraction of sp³-hybridized carbons (Fsp3) is 0.818. The molecule has 0 spiro atoms. The number of hydrogen-bond donors (Lipinski definition) is 1. The summed E-state index contributed by atoms with van der Waals surface area (Å²) in [5, 5.41) is 12.6. The molecule has 7 nitrogen and oxygen atoms in total. The molecule has 0 unspecified atom stereocenters. The third kappa shape index (κ3) is 5.92. The number of amides is 1. The Balaban J connectivity index is 1.19. The maximum Gasteiger partial charge on any atom is 0.316 e. The Morgan fingerprint density at radius 3 is 2.74 bits per heavy atom. The summed E-state index contributed by atoms with van der Waals surface area (Å²) in [6.07, 6.45) is 9.40. The highest BCUT2D eigenvalue weighted by Crippen LogP contribution is 2.52. The largest absolute Gasteiger partial charge is 0.455 e. The number of carbonyl (C=O) groups excluding carboxylic acids is 2. The molecule has 1 aliphatic heterocycles. The Labute approximate surface area is 193 Å². The fourth-order valence-corrected chi connectivity index (χ4v) is 7.51. The van der Waals surface area contributed by atoms with E-state index in [1.165, 1.54) is 55.2 Å². The van der Waals surface area contributed by atoms with E-state index in [1.807, 2.05) is 4.90 Å². The Morgan fingerprint density at radius 2 is 1.97 bits per heavy atom. The van der Waals surface area contributed by atoms with Crippen LogP contribution in [0.15, 0.2) is 4.34 Å². The summed E-state index contributed by atoms with van der Waals surface area (Å²) >= 11 is 2.79. The van der Waals surface area contributed by atoms with Crippen LogP contribution < -0.4 is 5.32 Å². The van der Waals surface area contributed by atoms with E-state index in [0.717, 1.165) is 35.3 Å². The summed E-state index contributed by atoms with van der Waals surface area (Å²) in [6.45, 7) is 7.44. The average Bonchev–Trinajstić information content (AvgIpc) is 3.25. The maximum absolute atomic E-state index is 12.7. The van der Waals surface area contributed by atoms with Gasteiger partial charge < -0.3 is 15.0 Å². The number of fused-ring (bicyclic) bond motifs is 2. The molecule has 4 rings (SSSR count). The standard InChI is InChI=1S/C22H34N4O3S2/c1-21(2)9-16-10-22(3,13-21)14-26(16)17(27)11-29-18(28)12-30-20-25-24-19(31-20)23-15-7-5-4-6-8-15/h15-16H,4-14H2,1-3H3,(H,23,24)/t16-,22+/m0/s1. The molecule has 9 heteroatoms. The lowest BCUT2D eigenvalue weighted by Crippen LogP contribution is -2.40. The molecule has 2 heterocycles. The Kier molecular flexibility index (Phi) is 6.82. The van der Waals surface area contributed by atoms with Gasteiger partial charge in [-0.05, 0) is 42.9 Å². The van der Waals surface area contributed by atoms with E-state index in [1.54, 1.807) is 0 Å². The highest BCUT2D eigenvalue weighted by molar-refractivity contribution is 8.01. The summed E-state index contributed by atoms with van der Waals surface area (Å²) < 4.78 is 6.03. The SMILES string of the molecule is CC1(C)C[C@H]2C[C@@](C)(CN2C(=O)COC(=O)CSc2nnc(NC3CCCCC3)s2)C1. The molecule has 3 aliphatic rings. The zero-order chi connectivity index (χ0) is 22.1. The molecule has 0 radical (unpaired) electrons. The smallest absolute Gasteiger partial charge is 0.316 e. The van der Waals surface area contributed by atoms with Gasteiger partial charge in [-0.3, -0.25) is 9.59 Å². The number of ether oxygens (including phenoxy) is 1. The van der Waals surface area contributed by atoms with Crippen molar-refractivity contribution in [2.45, 2.75) is 88.6 Å². The molecule has 31 heavy (non-hydrogen) atoms. The second kappa shape index (κ2) is 9.25. The van der Waals surface area contributed by atoms with Crippen LogP contribution in [0.25, 0.3) is 0 Å². The van der Waals surface area contributed by atoms with E-state index in [2.05, 4.69) is 36.3 Å². The maximum atomic E-state index is 12.7. The van der Waals surface area contributed by atoms with E-state index < -0.39 is 0 Å². The number of hydrogen-bond acceptors (Lipinski definition) is 8. The molecule has 2 bridgehead atoms. The summed E-state index contributed by atoms with van der Waals surface area (Å²) in [5.74, 6) is -0.316. The van der Waals surface area contributed by atoms with E-state index in [-0.39, 0.29) is 41.1 Å². The first-order valence-electron chi connectivity index (χ1n) is 11.4. The van der Waals surface area contributed by atoms with Crippen molar-refractivity contribution in [3.63, 3.8) is 0 Å². The predicted molar refractivity (Wildman–Crippen MR) is 123 cm³/mol. The zero-order valence-corrected chi connectivity index (χ0v) is 20.4. The van der Waals surface area contributed by atoms with Crippen LogP contribution in [0.1, 0.15) is 72.1 Å². The first kappa shape index (κ1) is 22.8. The minimum atomic E-state index is -0.385. The molecule has 1 aromatic heterocycles. The molecule has 3 fully saturated rings. The quantitative estimate of drug-likeness (QED) is 0.472. The Morgan fingerprint density at radius 1 is 1.19 bits per heavy atom. The third-order valence-corrected chi connectivity index (χ3v) is 8.71. The molecular weight excluding hydrogens is 432 g/mol. The fourth-order valence-electron chi connectivity index (χ4n) is 5.89. The van der Waals surface area contributed by atoms with Gasteiger partial charge in [-0.1, -0.05) is 63.1 Å². The van der Waals surface area contributed by atoms with Crippen LogP contribution in [0.2, 0.25) is 0 Å². The van der Waals surface area contributed by atoms with Crippen molar-refractivity contribution in [3.05, 3.63) is 0 Å². The Hall–Kier alpha value is -1.35. The molecule has 2 saturated carbocycles. The normalized spacial score (nSPS) is 27.8. The summed E-state index contributed by atoms with van der Waals surface area (Å²) in [7, 11) is 0. The molecule has 1 aromatic rings. The van der Waals surface area contributed by atoms with Crippen LogP contribution in [0.4, 0.5) is 5.13 Å². The van der Waals surface area contributed by atoms with Crippen molar-refractivity contribution in [3.8, 4) is 0 Å². The summed E-state index contributed by atoms with van der Waals surface area (Å²) in [4.78, 5) is 26.9. The van der Waals surface area contributed by atoms with Gasteiger partial charge in [0.25, 0.3) is 5.91 Å². The number of nitrogens with zero attached hydrogens (tertiary/aromatic N) is 3. The number of likely N-dealkylation sites (tertiary alicyclic amines) is 1. The number of carbonyl (C=O) groups is 2. The first-order chi connectivity index (χ1) is 14.7. The van der Waals surface area contributed by atoms with Crippen LogP contribution >= 0.6 is 23.1 Å². The van der Waals surface area contributed by atoms with Crippen molar-refractivity contribution in [1.29, 1.82) is 0 Å². The van der Waals surface area contributed by atoms with Crippen LogP contribution in [0, 0.1) is 10.8 Å². The van der Waals surface area contributed by atoms with Gasteiger partial charge in [-0.25, -0.2) is 0 Å². The van der Waals surface area contributed by atoms with Crippen molar-refractivity contribution in [1.82, 2.24) is 15.1 Å². The van der Waals surface area contributed by atoms with E-state index >= 15 is 0 Å². The van der Waals surface area contributed by atoms with Gasteiger partial charge in [-0.15, -0.1) is 10.2 Å². The lowest BCUT2D eigenvalue weighted by Gasteiger charge is -2.39. The van der Waals surface area contributed by atoms with Gasteiger partial charge in [0.15, 0.2) is 10.9 Å². The van der Waals surface area contributed by atoms with E-state index in [0.29, 0.717) is 6.04 Å². The van der Waals surface area contributed by atoms with Crippen molar-refractivity contribution < 1.29 is 14.3 Å². The van der Waals surface area contributed by atoms with Crippen LogP contribution in [-0.4, -0.2) is 58.0 Å². The van der Waals surface area contributed by atoms with E-state index in [9.17, 15) is 9.59 Å². The summed E-state index contributed by atoms with van der Waals surface area (Å²) in [5.41, 5.74) is 0.440. The topological polar surface area (TPSA) is 84.4 Å². The molecule has 1 amide bonds. The second-order valence-corrected chi connectivity index (χ2v) is 12.7. The third-order valence-electron chi connectivity index (χ3n) is 6.74. The number of esters is 1. The molecule has 1 N–H and O–H groups in total. The van der Waals surface area contributed by atoms with Gasteiger partial charge in [0.1, 0.15) is 0 Å². The molecular formula is C22H34N4O3S2. The highest BCUT2D eigenvalue weighted by Gasteiger charge is 2.50. The van der Waals surface area contributed by atoms with Crippen LogP contribution in [0.3, 0.4) is 0 Å². The molecule has 0 aromatic carbocycles. The predicted octanol–water partition coefficient (Wildman–Crippen LogP) is 4.35. The minimum Gasteiger partial charge on any atom is -0.455 e.